The van der Waals surface area contributed by atoms with Crippen molar-refractivity contribution in [1.29, 1.82) is 0 Å². The highest BCUT2D eigenvalue weighted by atomic mass is 35.5. The van der Waals surface area contributed by atoms with Gasteiger partial charge in [0.25, 0.3) is 5.91 Å². The van der Waals surface area contributed by atoms with Crippen molar-refractivity contribution >= 4 is 46.9 Å². The maximum atomic E-state index is 12.2. The second kappa shape index (κ2) is 12.3. The van der Waals surface area contributed by atoms with Crippen LogP contribution >= 0.6 is 11.6 Å². The van der Waals surface area contributed by atoms with Crippen LogP contribution in [0.5, 0.6) is 5.75 Å². The van der Waals surface area contributed by atoms with Crippen LogP contribution in [0.1, 0.15) is 23.6 Å². The molecule has 3 N–H and O–H groups in total. The Morgan fingerprint density at radius 1 is 0.943 bits per heavy atom. The molecule has 0 aliphatic carbocycles. The summed E-state index contributed by atoms with van der Waals surface area (Å²) in [5.74, 6) is -1.78. The maximum absolute atomic E-state index is 12.2. The lowest BCUT2D eigenvalue weighted by molar-refractivity contribution is -0.136. The molecule has 0 spiro atoms. The summed E-state index contributed by atoms with van der Waals surface area (Å²) in [5.41, 5.74) is 5.77. The third-order valence-electron chi connectivity index (χ3n) is 4.93. The van der Waals surface area contributed by atoms with E-state index < -0.39 is 11.8 Å². The minimum Gasteiger partial charge on any atom is -0.483 e. The van der Waals surface area contributed by atoms with Crippen molar-refractivity contribution in [2.45, 2.75) is 20.3 Å². The number of carbonyl (C=O) groups excluding carboxylic acids is 3. The second-order valence-electron chi connectivity index (χ2n) is 7.54. The number of halogens is 1. The Morgan fingerprint density at radius 3 is 2.37 bits per heavy atom. The number of nitrogens with one attached hydrogen (secondary N) is 3. The first-order valence-corrected chi connectivity index (χ1v) is 11.2. The highest BCUT2D eigenvalue weighted by Gasteiger charge is 2.13. The number of anilines is 2. The van der Waals surface area contributed by atoms with Crippen molar-refractivity contribution in [3.05, 3.63) is 88.4 Å². The number of benzene rings is 3. The standard InChI is InChI=1S/C26H25ClN4O4/c1-3-18-9-12-20(13-10-18)29-24(32)16-35-23-7-5-4-6-19(23)15-28-31-26(34)25(33)30-21-11-8-17(2)22(27)14-21/h4-15H,3,16H2,1-2H3,(H,29,32)(H,30,33)(H,31,34)/b28-15-. The van der Waals surface area contributed by atoms with Crippen LogP contribution in [-0.4, -0.2) is 30.5 Å². The number of ether oxygens (including phenoxy) is 1. The Morgan fingerprint density at radius 2 is 1.66 bits per heavy atom. The lowest BCUT2D eigenvalue weighted by atomic mass is 10.1. The Labute approximate surface area is 208 Å². The minimum atomic E-state index is -0.954. The van der Waals surface area contributed by atoms with Crippen molar-refractivity contribution in [3.63, 3.8) is 0 Å². The summed E-state index contributed by atoms with van der Waals surface area (Å²) in [6, 6.07) is 19.3. The van der Waals surface area contributed by atoms with Crippen LogP contribution in [-0.2, 0) is 20.8 Å². The molecule has 35 heavy (non-hydrogen) atoms. The Bertz CT molecular complexity index is 1240. The van der Waals surface area contributed by atoms with Crippen LogP contribution in [0.4, 0.5) is 11.4 Å². The van der Waals surface area contributed by atoms with E-state index in [1.54, 1.807) is 42.5 Å². The molecule has 0 heterocycles. The lowest BCUT2D eigenvalue weighted by Gasteiger charge is -2.10. The summed E-state index contributed by atoms with van der Waals surface area (Å²) in [6.07, 6.45) is 2.24. The highest BCUT2D eigenvalue weighted by molar-refractivity contribution is 6.39. The normalized spacial score (nSPS) is 10.6. The van der Waals surface area contributed by atoms with Crippen molar-refractivity contribution in [3.8, 4) is 5.75 Å². The van der Waals surface area contributed by atoms with Crippen LogP contribution in [0.3, 0.4) is 0 Å². The van der Waals surface area contributed by atoms with Gasteiger partial charge in [-0.3, -0.25) is 14.4 Å². The van der Waals surface area contributed by atoms with Crippen molar-refractivity contribution < 1.29 is 19.1 Å². The van der Waals surface area contributed by atoms with Crippen LogP contribution in [0.15, 0.2) is 71.8 Å². The van der Waals surface area contributed by atoms with E-state index in [1.807, 2.05) is 31.2 Å². The van der Waals surface area contributed by atoms with E-state index in [2.05, 4.69) is 28.1 Å². The van der Waals surface area contributed by atoms with E-state index in [-0.39, 0.29) is 12.5 Å². The number of hydrogen-bond donors (Lipinski definition) is 3. The molecule has 0 saturated carbocycles. The largest absolute Gasteiger partial charge is 0.483 e. The van der Waals surface area contributed by atoms with Crippen LogP contribution in [0.25, 0.3) is 0 Å². The molecule has 3 aromatic rings. The molecule has 8 nitrogen and oxygen atoms in total. The van der Waals surface area contributed by atoms with Gasteiger partial charge in [-0.1, -0.05) is 48.9 Å². The number of rotatable bonds is 8. The fraction of sp³-hybridized carbons (Fsp3) is 0.154. The maximum Gasteiger partial charge on any atom is 0.329 e. The highest BCUT2D eigenvalue weighted by Crippen LogP contribution is 2.20. The number of amides is 3. The fourth-order valence-corrected chi connectivity index (χ4v) is 3.13. The van der Waals surface area contributed by atoms with Crippen LogP contribution in [0, 0.1) is 6.92 Å². The summed E-state index contributed by atoms with van der Waals surface area (Å²) < 4.78 is 5.61. The molecule has 0 fully saturated rings. The summed E-state index contributed by atoms with van der Waals surface area (Å²) in [5, 5.41) is 9.51. The molecule has 3 aromatic carbocycles. The van der Waals surface area contributed by atoms with E-state index in [1.165, 1.54) is 11.8 Å². The number of carbonyl (C=O) groups is 3. The SMILES string of the molecule is CCc1ccc(NC(=O)COc2ccccc2/C=N\NC(=O)C(=O)Nc2ccc(C)c(Cl)c2)cc1. The lowest BCUT2D eigenvalue weighted by Crippen LogP contribution is -2.32. The number of aryl methyl sites for hydroxylation is 2. The van der Waals surface area contributed by atoms with Gasteiger partial charge in [0, 0.05) is 22.0 Å². The van der Waals surface area contributed by atoms with Gasteiger partial charge in [-0.2, -0.15) is 5.10 Å². The quantitative estimate of drug-likeness (QED) is 0.247. The first-order valence-electron chi connectivity index (χ1n) is 10.9. The average molecular weight is 493 g/mol. The average Bonchev–Trinajstić information content (AvgIpc) is 2.86. The molecule has 9 heteroatoms. The van der Waals surface area contributed by atoms with Gasteiger partial charge >= 0.3 is 11.8 Å². The summed E-state index contributed by atoms with van der Waals surface area (Å²) in [4.78, 5) is 36.4. The van der Waals surface area contributed by atoms with Gasteiger partial charge in [0.05, 0.1) is 6.21 Å². The van der Waals surface area contributed by atoms with Gasteiger partial charge in [-0.25, -0.2) is 5.43 Å². The third-order valence-corrected chi connectivity index (χ3v) is 5.34. The Balaban J connectivity index is 1.52. The van der Waals surface area contributed by atoms with E-state index in [0.717, 1.165) is 12.0 Å². The van der Waals surface area contributed by atoms with Gasteiger partial charge in [0.1, 0.15) is 5.75 Å². The minimum absolute atomic E-state index is 0.214. The number of hydrogen-bond acceptors (Lipinski definition) is 5. The molecule has 0 aromatic heterocycles. The smallest absolute Gasteiger partial charge is 0.329 e. The molecule has 0 aliphatic heterocycles. The van der Waals surface area contributed by atoms with Crippen molar-refractivity contribution in [2.75, 3.05) is 17.2 Å². The molecular weight excluding hydrogens is 468 g/mol. The second-order valence-corrected chi connectivity index (χ2v) is 7.95. The number of para-hydroxylation sites is 1. The predicted octanol–water partition coefficient (Wildman–Crippen LogP) is 4.32. The van der Waals surface area contributed by atoms with E-state index in [9.17, 15) is 14.4 Å². The van der Waals surface area contributed by atoms with Gasteiger partial charge in [0.15, 0.2) is 6.61 Å². The molecule has 0 radical (unpaired) electrons. The van der Waals surface area contributed by atoms with Crippen molar-refractivity contribution in [2.24, 2.45) is 5.10 Å². The summed E-state index contributed by atoms with van der Waals surface area (Å²) in [6.45, 7) is 3.67. The Kier molecular flexibility index (Phi) is 8.97. The monoisotopic (exact) mass is 492 g/mol. The predicted molar refractivity (Wildman–Crippen MR) is 137 cm³/mol. The van der Waals surface area contributed by atoms with Gasteiger partial charge in [-0.15, -0.1) is 0 Å². The van der Waals surface area contributed by atoms with Crippen LogP contribution < -0.4 is 20.8 Å². The summed E-state index contributed by atoms with van der Waals surface area (Å²) in [7, 11) is 0. The number of nitrogens with zero attached hydrogens (tertiary/aromatic N) is 1. The first kappa shape index (κ1) is 25.5. The van der Waals surface area contributed by atoms with Gasteiger partial charge in [0.2, 0.25) is 0 Å². The van der Waals surface area contributed by atoms with E-state index >= 15 is 0 Å². The summed E-state index contributed by atoms with van der Waals surface area (Å²) >= 11 is 6.03. The molecule has 3 rings (SSSR count). The molecule has 0 aliphatic rings. The zero-order valence-electron chi connectivity index (χ0n) is 19.3. The molecule has 0 bridgehead atoms. The number of hydrazone groups is 1. The van der Waals surface area contributed by atoms with Crippen LogP contribution in [0.2, 0.25) is 5.02 Å². The molecule has 180 valence electrons. The van der Waals surface area contributed by atoms with Gasteiger partial charge in [-0.05, 0) is 60.9 Å². The first-order chi connectivity index (χ1) is 16.9. The molecule has 3 amide bonds. The van der Waals surface area contributed by atoms with Gasteiger partial charge < -0.3 is 15.4 Å². The molecular formula is C26H25ClN4O4. The topological polar surface area (TPSA) is 109 Å². The van der Waals surface area contributed by atoms with E-state index in [4.69, 9.17) is 16.3 Å². The fourth-order valence-electron chi connectivity index (χ4n) is 2.95. The Hall–Kier alpha value is -4.17. The zero-order valence-corrected chi connectivity index (χ0v) is 20.1. The molecule has 0 saturated heterocycles. The van der Waals surface area contributed by atoms with E-state index in [0.29, 0.717) is 27.7 Å². The molecule has 0 atom stereocenters. The third kappa shape index (κ3) is 7.68. The molecule has 0 unspecified atom stereocenters. The van der Waals surface area contributed by atoms with Crippen molar-refractivity contribution in [1.82, 2.24) is 5.43 Å². The zero-order chi connectivity index (χ0) is 25.2.